The summed E-state index contributed by atoms with van der Waals surface area (Å²) >= 11 is 2.01. The average Bonchev–Trinajstić information content (AvgIpc) is 3.11. The van der Waals surface area contributed by atoms with Gasteiger partial charge in [0.1, 0.15) is 0 Å². The fourth-order valence-electron chi connectivity index (χ4n) is 2.05. The molecule has 19 heavy (non-hydrogen) atoms. The van der Waals surface area contributed by atoms with Gasteiger partial charge in [0.15, 0.2) is 0 Å². The van der Waals surface area contributed by atoms with Crippen LogP contribution in [0, 0.1) is 0 Å². The molecule has 1 N–H and O–H groups in total. The van der Waals surface area contributed by atoms with E-state index in [1.165, 1.54) is 17.9 Å². The van der Waals surface area contributed by atoms with Gasteiger partial charge in [0, 0.05) is 42.7 Å². The second-order valence-electron chi connectivity index (χ2n) is 4.52. The molecular weight excluding hydrogens is 260 g/mol. The third-order valence-corrected chi connectivity index (χ3v) is 4.25. The third-order valence-electron chi connectivity index (χ3n) is 3.09. The first-order valence-electron chi connectivity index (χ1n) is 6.46. The summed E-state index contributed by atoms with van der Waals surface area (Å²) in [5, 5.41) is 7.50. The van der Waals surface area contributed by atoms with Crippen LogP contribution < -0.4 is 5.32 Å². The second-order valence-corrected chi connectivity index (χ2v) is 5.67. The Bertz CT molecular complexity index is 510. The van der Waals surface area contributed by atoms with Crippen LogP contribution in [-0.4, -0.2) is 39.2 Å². The summed E-state index contributed by atoms with van der Waals surface area (Å²) < 4.78 is 5.25. The standard InChI is InChI=1S/C13H16N4OS/c1-2-10(8-14-5-1)13-16-12(18-17-13)3-6-15-11-4-7-19-9-11/h1-2,5,8,11,15H,3-4,6-7,9H2/t11-/m1/s1. The highest BCUT2D eigenvalue weighted by Gasteiger charge is 2.15. The van der Waals surface area contributed by atoms with Crippen molar-refractivity contribution in [2.24, 2.45) is 0 Å². The predicted molar refractivity (Wildman–Crippen MR) is 75.0 cm³/mol. The number of hydrogen-bond donors (Lipinski definition) is 1. The molecule has 5 nitrogen and oxygen atoms in total. The van der Waals surface area contributed by atoms with Crippen LogP contribution in [0.4, 0.5) is 0 Å². The van der Waals surface area contributed by atoms with Gasteiger partial charge in [0.25, 0.3) is 0 Å². The first-order valence-corrected chi connectivity index (χ1v) is 7.61. The molecule has 0 spiro atoms. The molecule has 2 aromatic heterocycles. The van der Waals surface area contributed by atoms with E-state index in [1.807, 2.05) is 23.9 Å². The summed E-state index contributed by atoms with van der Waals surface area (Å²) in [6, 6.07) is 4.44. The van der Waals surface area contributed by atoms with Crippen LogP contribution in [0.2, 0.25) is 0 Å². The monoisotopic (exact) mass is 276 g/mol. The Hall–Kier alpha value is -1.40. The number of rotatable bonds is 5. The molecule has 0 saturated carbocycles. The van der Waals surface area contributed by atoms with Gasteiger partial charge in [0.05, 0.1) is 0 Å². The summed E-state index contributed by atoms with van der Waals surface area (Å²) in [5.41, 5.74) is 0.887. The number of hydrogen-bond acceptors (Lipinski definition) is 6. The van der Waals surface area contributed by atoms with Crippen molar-refractivity contribution in [3.8, 4) is 11.4 Å². The van der Waals surface area contributed by atoms with E-state index in [-0.39, 0.29) is 0 Å². The highest BCUT2D eigenvalue weighted by Crippen LogP contribution is 2.17. The molecule has 1 aliphatic rings. The van der Waals surface area contributed by atoms with Crippen molar-refractivity contribution in [2.75, 3.05) is 18.1 Å². The maximum Gasteiger partial charge on any atom is 0.228 e. The van der Waals surface area contributed by atoms with E-state index in [0.717, 1.165) is 18.5 Å². The third kappa shape index (κ3) is 3.33. The molecule has 0 unspecified atom stereocenters. The van der Waals surface area contributed by atoms with Gasteiger partial charge in [-0.2, -0.15) is 16.7 Å². The van der Waals surface area contributed by atoms with E-state index in [4.69, 9.17) is 4.52 Å². The van der Waals surface area contributed by atoms with Gasteiger partial charge in [-0.1, -0.05) is 5.16 Å². The molecule has 1 atom stereocenters. The van der Waals surface area contributed by atoms with E-state index < -0.39 is 0 Å². The molecule has 1 saturated heterocycles. The van der Waals surface area contributed by atoms with Gasteiger partial charge in [-0.25, -0.2) is 0 Å². The summed E-state index contributed by atoms with van der Waals surface area (Å²) in [6.45, 7) is 0.889. The molecule has 3 heterocycles. The van der Waals surface area contributed by atoms with Gasteiger partial charge in [-0.05, 0) is 24.3 Å². The first-order chi connectivity index (χ1) is 9.42. The van der Waals surface area contributed by atoms with Crippen molar-refractivity contribution in [3.05, 3.63) is 30.4 Å². The van der Waals surface area contributed by atoms with E-state index in [0.29, 0.717) is 17.8 Å². The highest BCUT2D eigenvalue weighted by molar-refractivity contribution is 7.99. The topological polar surface area (TPSA) is 63.8 Å². The predicted octanol–water partition coefficient (Wildman–Crippen LogP) is 1.77. The molecule has 1 aliphatic heterocycles. The zero-order valence-electron chi connectivity index (χ0n) is 10.6. The number of nitrogens with one attached hydrogen (secondary N) is 1. The fourth-order valence-corrected chi connectivity index (χ4v) is 3.23. The Morgan fingerprint density at radius 3 is 3.26 bits per heavy atom. The van der Waals surface area contributed by atoms with Crippen LogP contribution in [0.5, 0.6) is 0 Å². The number of nitrogens with zero attached hydrogens (tertiary/aromatic N) is 3. The fraction of sp³-hybridized carbons (Fsp3) is 0.462. The SMILES string of the molecule is c1cncc(-c2noc(CCN[C@@H]3CCSC3)n2)c1. The summed E-state index contributed by atoms with van der Waals surface area (Å²) in [6.07, 6.45) is 5.50. The summed E-state index contributed by atoms with van der Waals surface area (Å²) in [4.78, 5) is 8.43. The molecule has 3 rings (SSSR count). The van der Waals surface area contributed by atoms with Crippen molar-refractivity contribution < 1.29 is 4.52 Å². The van der Waals surface area contributed by atoms with E-state index in [2.05, 4.69) is 20.4 Å². The van der Waals surface area contributed by atoms with E-state index in [1.54, 1.807) is 12.4 Å². The molecule has 0 aromatic carbocycles. The average molecular weight is 276 g/mol. The maximum atomic E-state index is 5.25. The Morgan fingerprint density at radius 1 is 1.47 bits per heavy atom. The lowest BCUT2D eigenvalue weighted by Crippen LogP contribution is -2.30. The van der Waals surface area contributed by atoms with Crippen LogP contribution in [0.3, 0.4) is 0 Å². The quantitative estimate of drug-likeness (QED) is 0.898. The number of pyridine rings is 1. The van der Waals surface area contributed by atoms with Crippen molar-refractivity contribution in [1.29, 1.82) is 0 Å². The zero-order valence-corrected chi connectivity index (χ0v) is 11.4. The number of thioether (sulfide) groups is 1. The molecular formula is C13H16N4OS. The molecule has 0 aliphatic carbocycles. The molecule has 0 bridgehead atoms. The van der Waals surface area contributed by atoms with E-state index >= 15 is 0 Å². The largest absolute Gasteiger partial charge is 0.339 e. The van der Waals surface area contributed by atoms with Crippen LogP contribution in [0.15, 0.2) is 29.0 Å². The Labute approximate surface area is 116 Å². The molecule has 100 valence electrons. The Morgan fingerprint density at radius 2 is 2.47 bits per heavy atom. The highest BCUT2D eigenvalue weighted by atomic mass is 32.2. The lowest BCUT2D eigenvalue weighted by atomic mass is 10.2. The smallest absolute Gasteiger partial charge is 0.228 e. The second kappa shape index (κ2) is 6.16. The van der Waals surface area contributed by atoms with Crippen molar-refractivity contribution in [2.45, 2.75) is 18.9 Å². The molecule has 2 aromatic rings. The van der Waals surface area contributed by atoms with Gasteiger partial charge in [-0.3, -0.25) is 4.98 Å². The Kier molecular flexibility index (Phi) is 4.10. The van der Waals surface area contributed by atoms with Crippen LogP contribution in [0.25, 0.3) is 11.4 Å². The van der Waals surface area contributed by atoms with Crippen molar-refractivity contribution >= 4 is 11.8 Å². The van der Waals surface area contributed by atoms with Gasteiger partial charge in [0.2, 0.25) is 11.7 Å². The summed E-state index contributed by atoms with van der Waals surface area (Å²) in [7, 11) is 0. The minimum Gasteiger partial charge on any atom is -0.339 e. The molecule has 0 radical (unpaired) electrons. The van der Waals surface area contributed by atoms with Gasteiger partial charge >= 0.3 is 0 Å². The zero-order chi connectivity index (χ0) is 12.9. The minimum atomic E-state index is 0.611. The lowest BCUT2D eigenvalue weighted by molar-refractivity contribution is 0.373. The molecule has 1 fully saturated rings. The molecule has 0 amide bonds. The summed E-state index contributed by atoms with van der Waals surface area (Å²) in [5.74, 6) is 3.77. The van der Waals surface area contributed by atoms with Crippen LogP contribution >= 0.6 is 11.8 Å². The molecule has 6 heteroatoms. The van der Waals surface area contributed by atoms with Crippen molar-refractivity contribution in [3.63, 3.8) is 0 Å². The first kappa shape index (κ1) is 12.6. The number of aromatic nitrogens is 3. The van der Waals surface area contributed by atoms with Crippen molar-refractivity contribution in [1.82, 2.24) is 20.4 Å². The van der Waals surface area contributed by atoms with Gasteiger partial charge in [-0.15, -0.1) is 0 Å². The lowest BCUT2D eigenvalue weighted by Gasteiger charge is -2.08. The van der Waals surface area contributed by atoms with Gasteiger partial charge < -0.3 is 9.84 Å². The normalized spacial score (nSPS) is 18.8. The van der Waals surface area contributed by atoms with Crippen LogP contribution in [0.1, 0.15) is 12.3 Å². The van der Waals surface area contributed by atoms with Crippen LogP contribution in [-0.2, 0) is 6.42 Å². The minimum absolute atomic E-state index is 0.611. The van der Waals surface area contributed by atoms with E-state index in [9.17, 15) is 0 Å². The Balaban J connectivity index is 1.53. The maximum absolute atomic E-state index is 5.25.